The molecule has 2 aromatic rings. The minimum atomic E-state index is -3.04. The smallest absolute Gasteiger partial charge is 0.255 e. The Hall–Kier alpha value is -3.30. The Morgan fingerprint density at radius 2 is 1.94 bits per heavy atom. The quantitative estimate of drug-likeness (QED) is 0.615. The lowest BCUT2D eigenvalue weighted by atomic mass is 10.0. The van der Waals surface area contributed by atoms with E-state index in [0.717, 1.165) is 23.6 Å². The van der Waals surface area contributed by atoms with Gasteiger partial charge in [0.15, 0.2) is 0 Å². The first-order valence-electron chi connectivity index (χ1n) is 13.9. The molecule has 3 aliphatic rings. The second kappa shape index (κ2) is 9.99. The van der Waals surface area contributed by atoms with Crippen molar-refractivity contribution >= 4 is 17.7 Å². The third kappa shape index (κ3) is 4.99. The average molecular weight is 500 g/mol. The fraction of sp³-hybridized carbons (Fsp3) is 0.444. The average Bonchev–Trinajstić information content (AvgIpc) is 3.19. The van der Waals surface area contributed by atoms with Crippen LogP contribution in [0.25, 0.3) is 0 Å². The predicted molar refractivity (Wildman–Crippen MR) is 129 cm³/mol. The number of imide groups is 1. The number of amides is 3. The van der Waals surface area contributed by atoms with Gasteiger partial charge < -0.3 is 14.4 Å². The van der Waals surface area contributed by atoms with Crippen LogP contribution in [-0.2, 0) is 34.0 Å². The molecule has 3 heterocycles. The molecule has 0 radical (unpaired) electrons. The number of nitrogens with one attached hydrogen (secondary N) is 1. The lowest BCUT2D eigenvalue weighted by molar-refractivity contribution is -0.136. The topological polar surface area (TPSA) is 88.2 Å². The van der Waals surface area contributed by atoms with Gasteiger partial charge in [-0.05, 0) is 50.0 Å². The van der Waals surface area contributed by atoms with Crippen molar-refractivity contribution in [1.29, 1.82) is 0 Å². The number of benzene rings is 2. The molecule has 0 aliphatic carbocycles. The molecule has 2 saturated heterocycles. The zero-order chi connectivity index (χ0) is 29.0. The van der Waals surface area contributed by atoms with Gasteiger partial charge in [0.1, 0.15) is 24.2 Å². The summed E-state index contributed by atoms with van der Waals surface area (Å²) in [6.07, 6.45) is -5.82. The molecule has 5 rings (SSSR count). The molecule has 3 atom stereocenters. The monoisotopic (exact) mass is 499 g/mol. The third-order valence-corrected chi connectivity index (χ3v) is 6.47. The lowest BCUT2D eigenvalue weighted by Crippen LogP contribution is -2.52. The first-order valence-corrected chi connectivity index (χ1v) is 11.9. The summed E-state index contributed by atoms with van der Waals surface area (Å²) in [4.78, 5) is 41.0. The van der Waals surface area contributed by atoms with Gasteiger partial charge in [-0.1, -0.05) is 12.1 Å². The molecular formula is C27H30FN3O5. The molecule has 3 aliphatic heterocycles. The van der Waals surface area contributed by atoms with Crippen LogP contribution in [-0.4, -0.2) is 58.9 Å². The van der Waals surface area contributed by atoms with Crippen LogP contribution in [0.1, 0.15) is 59.1 Å². The summed E-state index contributed by atoms with van der Waals surface area (Å²) in [6, 6.07) is 7.61. The molecule has 8 nitrogen and oxygen atoms in total. The number of morpholine rings is 1. The Morgan fingerprint density at radius 3 is 2.72 bits per heavy atom. The standard InChI is InChI=1S/C27H30FN3O5/c1-16-11-30(12-17(2)36-16)13-18-6-7-22(28)19(10-18)15-35-24-5-3-4-20-21(24)14-31(27(20)34)23-8-9-25(32)29-26(23)33/h3-7,10,16-17,23H,8-9,11-15H2,1-2H3,(H,29,32,33)/i8D2,9D2. The molecule has 0 aromatic heterocycles. The normalized spacial score (nSPS) is 29.0. The van der Waals surface area contributed by atoms with Gasteiger partial charge in [0.05, 0.1) is 18.8 Å². The van der Waals surface area contributed by atoms with E-state index in [0.29, 0.717) is 17.7 Å². The van der Waals surface area contributed by atoms with Crippen LogP contribution in [0.5, 0.6) is 5.75 Å². The summed E-state index contributed by atoms with van der Waals surface area (Å²) in [5, 5.41) is 1.84. The van der Waals surface area contributed by atoms with Crippen molar-refractivity contribution in [2.24, 2.45) is 0 Å². The number of halogens is 1. The highest BCUT2D eigenvalue weighted by Crippen LogP contribution is 2.34. The lowest BCUT2D eigenvalue weighted by Gasteiger charge is -2.35. The summed E-state index contributed by atoms with van der Waals surface area (Å²) >= 11 is 0. The second-order valence-corrected chi connectivity index (χ2v) is 9.37. The molecule has 3 amide bonds. The van der Waals surface area contributed by atoms with Crippen molar-refractivity contribution in [2.45, 2.75) is 64.5 Å². The first kappa shape index (κ1) is 19.8. The van der Waals surface area contributed by atoms with E-state index < -0.39 is 42.3 Å². The summed E-state index contributed by atoms with van der Waals surface area (Å²) in [6.45, 7) is 5.80. The van der Waals surface area contributed by atoms with E-state index in [-0.39, 0.29) is 36.7 Å². The number of carbonyl (C=O) groups is 3. The molecule has 0 spiro atoms. The van der Waals surface area contributed by atoms with E-state index in [2.05, 4.69) is 4.90 Å². The fourth-order valence-electron chi connectivity index (χ4n) is 4.96. The van der Waals surface area contributed by atoms with E-state index in [1.54, 1.807) is 24.3 Å². The first-order chi connectivity index (χ1) is 18.8. The van der Waals surface area contributed by atoms with Crippen molar-refractivity contribution in [3.05, 3.63) is 64.5 Å². The SMILES string of the molecule is [2H]C1([2H])C(=O)NC(=O)C(N2Cc3c(OCc4cc(CN5CC(C)OC(C)C5)ccc4F)cccc3C2=O)C1([2H])[2H]. The number of hydrogen-bond acceptors (Lipinski definition) is 6. The van der Waals surface area contributed by atoms with Gasteiger partial charge in [-0.15, -0.1) is 0 Å². The van der Waals surface area contributed by atoms with Gasteiger partial charge in [-0.2, -0.15) is 0 Å². The second-order valence-electron chi connectivity index (χ2n) is 9.37. The van der Waals surface area contributed by atoms with E-state index >= 15 is 0 Å². The van der Waals surface area contributed by atoms with Crippen LogP contribution in [0.4, 0.5) is 4.39 Å². The molecule has 2 aromatic carbocycles. The molecule has 36 heavy (non-hydrogen) atoms. The van der Waals surface area contributed by atoms with Crippen molar-refractivity contribution < 1.29 is 33.7 Å². The van der Waals surface area contributed by atoms with Gasteiger partial charge in [-0.25, -0.2) is 4.39 Å². The Bertz CT molecular complexity index is 1360. The summed E-state index contributed by atoms with van der Waals surface area (Å²) in [5.74, 6) is -3.39. The van der Waals surface area contributed by atoms with Crippen LogP contribution in [0.15, 0.2) is 36.4 Å². The number of carbonyl (C=O) groups excluding carboxylic acids is 3. The van der Waals surface area contributed by atoms with Gasteiger partial charge in [-0.3, -0.25) is 24.6 Å². The van der Waals surface area contributed by atoms with Crippen molar-refractivity contribution in [3.63, 3.8) is 0 Å². The van der Waals surface area contributed by atoms with Crippen molar-refractivity contribution in [3.8, 4) is 5.75 Å². The maximum Gasteiger partial charge on any atom is 0.255 e. The van der Waals surface area contributed by atoms with Gasteiger partial charge >= 0.3 is 0 Å². The van der Waals surface area contributed by atoms with Crippen LogP contribution in [0.2, 0.25) is 0 Å². The van der Waals surface area contributed by atoms with E-state index in [1.165, 1.54) is 12.1 Å². The molecule has 0 bridgehead atoms. The molecule has 0 saturated carbocycles. The minimum Gasteiger partial charge on any atom is -0.488 e. The number of hydrogen-bond donors (Lipinski definition) is 1. The molecule has 1 N–H and O–H groups in total. The maximum atomic E-state index is 14.7. The van der Waals surface area contributed by atoms with E-state index in [9.17, 15) is 18.8 Å². The third-order valence-electron chi connectivity index (χ3n) is 6.47. The number of nitrogens with zero attached hydrogens (tertiary/aromatic N) is 2. The number of rotatable bonds is 6. The summed E-state index contributed by atoms with van der Waals surface area (Å²) < 4.78 is 58.8. The number of piperidine rings is 1. The van der Waals surface area contributed by atoms with Gasteiger partial charge in [0, 0.05) is 48.2 Å². The highest BCUT2D eigenvalue weighted by atomic mass is 19.1. The van der Waals surface area contributed by atoms with Gasteiger partial charge in [0.25, 0.3) is 5.91 Å². The van der Waals surface area contributed by atoms with Crippen molar-refractivity contribution in [2.75, 3.05) is 13.1 Å². The maximum absolute atomic E-state index is 14.7. The molecule has 9 heteroatoms. The van der Waals surface area contributed by atoms with E-state index in [4.69, 9.17) is 15.0 Å². The van der Waals surface area contributed by atoms with Gasteiger partial charge in [0.2, 0.25) is 11.8 Å². The predicted octanol–water partition coefficient (Wildman–Crippen LogP) is 2.77. The summed E-state index contributed by atoms with van der Waals surface area (Å²) in [7, 11) is 0. The van der Waals surface area contributed by atoms with Crippen molar-refractivity contribution in [1.82, 2.24) is 15.1 Å². The van der Waals surface area contributed by atoms with Crippen LogP contribution in [0, 0.1) is 5.82 Å². The number of fused-ring (bicyclic) bond motifs is 1. The molecule has 3 unspecified atom stereocenters. The van der Waals surface area contributed by atoms with Crippen LogP contribution < -0.4 is 10.1 Å². The Morgan fingerprint density at radius 1 is 1.17 bits per heavy atom. The zero-order valence-electron chi connectivity index (χ0n) is 24.0. The number of ether oxygens (including phenoxy) is 2. The van der Waals surface area contributed by atoms with Crippen LogP contribution >= 0.6 is 0 Å². The fourth-order valence-corrected chi connectivity index (χ4v) is 4.96. The molecule has 190 valence electrons. The van der Waals surface area contributed by atoms with Crippen LogP contribution in [0.3, 0.4) is 0 Å². The zero-order valence-corrected chi connectivity index (χ0v) is 20.0. The highest BCUT2D eigenvalue weighted by molar-refractivity contribution is 6.05. The Balaban J connectivity index is 1.34. The molecule has 2 fully saturated rings. The molecular weight excluding hydrogens is 465 g/mol. The Labute approximate surface area is 215 Å². The summed E-state index contributed by atoms with van der Waals surface area (Å²) in [5.41, 5.74) is 1.75. The Kier molecular flexibility index (Phi) is 5.50. The minimum absolute atomic E-state index is 0.100. The van der Waals surface area contributed by atoms with E-state index in [1.807, 2.05) is 19.2 Å². The largest absolute Gasteiger partial charge is 0.488 e. The highest BCUT2D eigenvalue weighted by Gasteiger charge is 2.40.